The lowest BCUT2D eigenvalue weighted by molar-refractivity contribution is 0.644. The minimum atomic E-state index is -0.151. The van der Waals surface area contributed by atoms with E-state index >= 15 is 0 Å². The quantitative estimate of drug-likeness (QED) is 0.553. The Kier molecular flexibility index (Phi) is 2.31. The molecule has 0 spiro atoms. The van der Waals surface area contributed by atoms with Gasteiger partial charge in [-0.25, -0.2) is 4.39 Å². The predicted molar refractivity (Wildman–Crippen MR) is 61.8 cm³/mol. The maximum Gasteiger partial charge on any atom is 0.141 e. The molecule has 1 aromatic heterocycles. The molecule has 0 aliphatic carbocycles. The van der Waals surface area contributed by atoms with E-state index in [1.807, 2.05) is 6.07 Å². The summed E-state index contributed by atoms with van der Waals surface area (Å²) in [5.74, 6) is -0.151. The first-order valence-electron chi connectivity index (χ1n) is 3.23. The number of hydrogen-bond donors (Lipinski definition) is 1. The Morgan fingerprint density at radius 1 is 1.42 bits per heavy atom. The van der Waals surface area contributed by atoms with E-state index in [-0.39, 0.29) is 5.82 Å². The van der Waals surface area contributed by atoms with Crippen molar-refractivity contribution in [2.24, 2.45) is 0 Å². The molecule has 2 rings (SSSR count). The summed E-state index contributed by atoms with van der Waals surface area (Å²) in [4.78, 5) is 0.834. The maximum absolute atomic E-state index is 13.0. The highest BCUT2D eigenvalue weighted by Gasteiger charge is 2.05. The first-order chi connectivity index (χ1) is 5.68. The number of benzene rings is 1. The van der Waals surface area contributed by atoms with Crippen molar-refractivity contribution in [1.29, 1.82) is 0 Å². The summed E-state index contributed by atoms with van der Waals surface area (Å²) >= 11 is 7.84. The Bertz CT molecular complexity index is 436. The van der Waals surface area contributed by atoms with Crippen LogP contribution in [0.4, 0.5) is 4.39 Å². The Labute approximate surface area is 92.3 Å². The summed E-state index contributed by atoms with van der Waals surface area (Å²) in [6.07, 6.45) is 0. The third-order valence-corrected chi connectivity index (χ3v) is 4.20. The van der Waals surface area contributed by atoms with Crippen LogP contribution in [0.5, 0.6) is 0 Å². The van der Waals surface area contributed by atoms with Gasteiger partial charge < -0.3 is 0 Å². The average Bonchev–Trinajstić information content (AvgIpc) is 2.35. The lowest BCUT2D eigenvalue weighted by Crippen LogP contribution is -1.75. The highest BCUT2D eigenvalue weighted by atomic mass is 127. The first-order valence-corrected chi connectivity index (χ1v) is 5.64. The van der Waals surface area contributed by atoms with Crippen molar-refractivity contribution in [2.75, 3.05) is 0 Å². The van der Waals surface area contributed by atoms with E-state index in [9.17, 15) is 4.39 Å². The second-order valence-corrected chi connectivity index (χ2v) is 4.94. The zero-order valence-corrected chi connectivity index (χ0v) is 9.71. The van der Waals surface area contributed by atoms with E-state index in [1.165, 1.54) is 16.7 Å². The third-order valence-electron chi connectivity index (χ3n) is 1.60. The van der Waals surface area contributed by atoms with Crippen LogP contribution in [0.2, 0.25) is 0 Å². The fourth-order valence-electron chi connectivity index (χ4n) is 1.01. The molecule has 1 heterocycles. The van der Waals surface area contributed by atoms with E-state index in [0.29, 0.717) is 5.39 Å². The highest BCUT2D eigenvalue weighted by molar-refractivity contribution is 14.1. The van der Waals surface area contributed by atoms with Gasteiger partial charge in [-0.15, -0.1) is 24.0 Å². The highest BCUT2D eigenvalue weighted by Crippen LogP contribution is 2.30. The summed E-state index contributed by atoms with van der Waals surface area (Å²) < 4.78 is 15.1. The number of fused-ring (bicyclic) bond motifs is 1. The molecule has 4 heteroatoms. The van der Waals surface area contributed by atoms with Gasteiger partial charge in [-0.1, -0.05) is 0 Å². The fourth-order valence-corrected chi connectivity index (χ4v) is 2.71. The van der Waals surface area contributed by atoms with Crippen molar-refractivity contribution in [3.05, 3.63) is 26.9 Å². The molecular weight excluding hydrogens is 306 g/mol. The lowest BCUT2D eigenvalue weighted by Gasteiger charge is -1.96. The van der Waals surface area contributed by atoms with Gasteiger partial charge in [-0.3, -0.25) is 0 Å². The standard InChI is InChI=1S/C8H4FIS2/c9-5-3-12-8-2-6(10)7(11)1-4(5)8/h1-3,11H. The molecule has 0 aliphatic rings. The Balaban J connectivity index is 2.87. The van der Waals surface area contributed by atoms with Crippen LogP contribution < -0.4 is 0 Å². The smallest absolute Gasteiger partial charge is 0.141 e. The number of halogens is 2. The zero-order chi connectivity index (χ0) is 8.72. The normalized spacial score (nSPS) is 10.9. The first kappa shape index (κ1) is 8.77. The van der Waals surface area contributed by atoms with Gasteiger partial charge in [0, 0.05) is 23.9 Å². The van der Waals surface area contributed by atoms with Crippen molar-refractivity contribution in [2.45, 2.75) is 4.90 Å². The van der Waals surface area contributed by atoms with Gasteiger partial charge in [0.05, 0.1) is 0 Å². The molecule has 1 aromatic carbocycles. The fraction of sp³-hybridized carbons (Fsp3) is 0. The van der Waals surface area contributed by atoms with E-state index in [2.05, 4.69) is 35.2 Å². The summed E-state index contributed by atoms with van der Waals surface area (Å²) in [7, 11) is 0. The number of thiophene rings is 1. The molecule has 0 fully saturated rings. The monoisotopic (exact) mass is 310 g/mol. The maximum atomic E-state index is 13.0. The summed E-state index contributed by atoms with van der Waals surface area (Å²) in [5.41, 5.74) is 0. The SMILES string of the molecule is Fc1csc2cc(I)c(S)cc12. The van der Waals surface area contributed by atoms with Crippen LogP contribution in [0.15, 0.2) is 22.4 Å². The molecule has 0 aliphatic heterocycles. The van der Waals surface area contributed by atoms with Crippen LogP contribution in [0.25, 0.3) is 10.1 Å². The largest absolute Gasteiger partial charge is 0.205 e. The number of thiol groups is 1. The van der Waals surface area contributed by atoms with Gasteiger partial charge in [-0.05, 0) is 34.7 Å². The minimum absolute atomic E-state index is 0.151. The van der Waals surface area contributed by atoms with Crippen molar-refractivity contribution in [3.63, 3.8) is 0 Å². The molecular formula is C8H4FIS2. The molecule has 2 aromatic rings. The molecule has 0 saturated carbocycles. The van der Waals surface area contributed by atoms with Crippen LogP contribution in [-0.2, 0) is 0 Å². The number of hydrogen-bond acceptors (Lipinski definition) is 2. The second kappa shape index (κ2) is 3.16. The van der Waals surface area contributed by atoms with E-state index < -0.39 is 0 Å². The van der Waals surface area contributed by atoms with E-state index in [0.717, 1.165) is 13.2 Å². The van der Waals surface area contributed by atoms with Crippen molar-refractivity contribution >= 4 is 56.6 Å². The minimum Gasteiger partial charge on any atom is -0.205 e. The third kappa shape index (κ3) is 1.36. The summed E-state index contributed by atoms with van der Waals surface area (Å²) in [5, 5.41) is 2.19. The van der Waals surface area contributed by atoms with E-state index in [4.69, 9.17) is 0 Å². The van der Waals surface area contributed by atoms with Crippen LogP contribution in [0, 0.1) is 9.39 Å². The molecule has 62 valence electrons. The van der Waals surface area contributed by atoms with Gasteiger partial charge in [0.25, 0.3) is 0 Å². The van der Waals surface area contributed by atoms with Gasteiger partial charge in [-0.2, -0.15) is 0 Å². The second-order valence-electron chi connectivity index (χ2n) is 2.38. The molecule has 0 radical (unpaired) electrons. The van der Waals surface area contributed by atoms with Crippen molar-refractivity contribution in [1.82, 2.24) is 0 Å². The summed E-state index contributed by atoms with van der Waals surface area (Å²) in [6, 6.07) is 3.72. The Morgan fingerprint density at radius 3 is 2.92 bits per heavy atom. The molecule has 0 bridgehead atoms. The molecule has 0 amide bonds. The van der Waals surface area contributed by atoms with Gasteiger partial charge in [0.15, 0.2) is 0 Å². The van der Waals surface area contributed by atoms with Crippen molar-refractivity contribution < 1.29 is 4.39 Å². The topological polar surface area (TPSA) is 0 Å². The van der Waals surface area contributed by atoms with Gasteiger partial charge in [0.2, 0.25) is 0 Å². The molecule has 0 nitrogen and oxygen atoms in total. The number of rotatable bonds is 0. The van der Waals surface area contributed by atoms with Gasteiger partial charge >= 0.3 is 0 Å². The lowest BCUT2D eigenvalue weighted by atomic mass is 10.2. The average molecular weight is 310 g/mol. The van der Waals surface area contributed by atoms with Crippen LogP contribution in [0.3, 0.4) is 0 Å². The van der Waals surface area contributed by atoms with Crippen LogP contribution in [0.1, 0.15) is 0 Å². The Morgan fingerprint density at radius 2 is 2.17 bits per heavy atom. The zero-order valence-electron chi connectivity index (χ0n) is 5.84. The predicted octanol–water partition coefficient (Wildman–Crippen LogP) is 3.93. The summed E-state index contributed by atoms with van der Waals surface area (Å²) in [6.45, 7) is 0. The molecule has 12 heavy (non-hydrogen) atoms. The Hall–Kier alpha value is 0.190. The molecule has 0 atom stereocenters. The van der Waals surface area contributed by atoms with Crippen LogP contribution in [-0.4, -0.2) is 0 Å². The van der Waals surface area contributed by atoms with E-state index in [1.54, 1.807) is 6.07 Å². The van der Waals surface area contributed by atoms with Crippen LogP contribution >= 0.6 is 46.6 Å². The van der Waals surface area contributed by atoms with Gasteiger partial charge in [0.1, 0.15) is 5.82 Å². The molecule has 0 N–H and O–H groups in total. The molecule has 0 saturated heterocycles. The van der Waals surface area contributed by atoms with Crippen molar-refractivity contribution in [3.8, 4) is 0 Å². The molecule has 0 unspecified atom stereocenters.